The van der Waals surface area contributed by atoms with Gasteiger partial charge >= 0.3 is 6.18 Å². The van der Waals surface area contributed by atoms with Gasteiger partial charge in [-0.25, -0.2) is 4.68 Å². The lowest BCUT2D eigenvalue weighted by Gasteiger charge is -2.30. The van der Waals surface area contributed by atoms with Gasteiger partial charge in [-0.05, 0) is 36.8 Å². The number of nitrogens with zero attached hydrogens (tertiary/aromatic N) is 3. The predicted octanol–water partition coefficient (Wildman–Crippen LogP) is 5.79. The van der Waals surface area contributed by atoms with Gasteiger partial charge in [-0.1, -0.05) is 29.3 Å². The van der Waals surface area contributed by atoms with Crippen molar-refractivity contribution in [3.05, 3.63) is 80.9 Å². The molecule has 32 heavy (non-hydrogen) atoms. The number of allylic oxidation sites excluding steroid dienone is 2. The third-order valence-electron chi connectivity index (χ3n) is 5.10. The Bertz CT molecular complexity index is 1230. The highest BCUT2D eigenvalue weighted by Gasteiger charge is 2.40. The number of benzene rings is 1. The van der Waals surface area contributed by atoms with Crippen LogP contribution in [0.1, 0.15) is 34.7 Å². The number of halogens is 5. The fraction of sp³-hybridized carbons (Fsp3) is 0.238. The van der Waals surface area contributed by atoms with E-state index in [2.05, 4.69) is 10.4 Å². The lowest BCUT2D eigenvalue weighted by molar-refractivity contribution is -0.141. The van der Waals surface area contributed by atoms with E-state index in [0.29, 0.717) is 17.0 Å². The van der Waals surface area contributed by atoms with Crippen molar-refractivity contribution in [2.75, 3.05) is 12.4 Å². The summed E-state index contributed by atoms with van der Waals surface area (Å²) < 4.78 is 47.9. The molecule has 0 saturated heterocycles. The van der Waals surface area contributed by atoms with Crippen LogP contribution in [0, 0.1) is 0 Å². The van der Waals surface area contributed by atoms with Crippen LogP contribution < -0.4 is 5.32 Å². The standard InChI is InChI=1S/C21H17Cl2F3N4O2/c1-11-18(20(31)29-7-3-4-13(29)10-32-2)19(12-5-6-14(22)15(23)8-12)30-17(27-11)9-16(28-30)21(24,25)26/h3-9,19,27H,10H2,1-2H3. The number of hydrogen-bond acceptors (Lipinski definition) is 4. The first-order chi connectivity index (χ1) is 15.1. The molecule has 0 bridgehead atoms. The highest BCUT2D eigenvalue weighted by Crippen LogP contribution is 2.41. The molecule has 3 aromatic rings. The molecule has 4 rings (SSSR count). The maximum atomic E-state index is 13.6. The zero-order chi connectivity index (χ0) is 23.2. The molecular weight excluding hydrogens is 468 g/mol. The van der Waals surface area contributed by atoms with Crippen molar-refractivity contribution in [3.8, 4) is 0 Å². The van der Waals surface area contributed by atoms with Crippen LogP contribution in [-0.2, 0) is 17.5 Å². The number of methoxy groups -OCH3 is 1. The lowest BCUT2D eigenvalue weighted by atomic mass is 9.94. The van der Waals surface area contributed by atoms with Crippen molar-refractivity contribution >= 4 is 34.9 Å². The molecule has 1 unspecified atom stereocenters. The quantitative estimate of drug-likeness (QED) is 0.509. The molecule has 1 aromatic carbocycles. The molecule has 3 heterocycles. The number of anilines is 1. The molecular formula is C21H17Cl2F3N4O2. The van der Waals surface area contributed by atoms with E-state index < -0.39 is 23.8 Å². The Kier molecular flexibility index (Phi) is 5.83. The minimum atomic E-state index is -4.65. The van der Waals surface area contributed by atoms with E-state index in [-0.39, 0.29) is 28.0 Å². The van der Waals surface area contributed by atoms with Gasteiger partial charge in [-0.3, -0.25) is 9.36 Å². The first kappa shape index (κ1) is 22.4. The Labute approximate surface area is 191 Å². The largest absolute Gasteiger partial charge is 0.435 e. The summed E-state index contributed by atoms with van der Waals surface area (Å²) in [6.45, 7) is 1.81. The van der Waals surface area contributed by atoms with Gasteiger partial charge in [0.15, 0.2) is 5.69 Å². The summed E-state index contributed by atoms with van der Waals surface area (Å²) in [6, 6.07) is 8.00. The van der Waals surface area contributed by atoms with Crippen molar-refractivity contribution < 1.29 is 22.7 Å². The second-order valence-corrected chi connectivity index (χ2v) is 8.02. The number of ether oxygens (including phenoxy) is 1. The van der Waals surface area contributed by atoms with Crippen molar-refractivity contribution in [2.24, 2.45) is 0 Å². The van der Waals surface area contributed by atoms with Crippen LogP contribution >= 0.6 is 23.2 Å². The van der Waals surface area contributed by atoms with Crippen molar-refractivity contribution in [3.63, 3.8) is 0 Å². The fourth-order valence-electron chi connectivity index (χ4n) is 3.69. The molecule has 6 nitrogen and oxygen atoms in total. The fourth-order valence-corrected chi connectivity index (χ4v) is 3.99. The zero-order valence-electron chi connectivity index (χ0n) is 16.9. The van der Waals surface area contributed by atoms with Gasteiger partial charge in [0, 0.05) is 25.1 Å². The molecule has 168 valence electrons. The first-order valence-corrected chi connectivity index (χ1v) is 10.2. The van der Waals surface area contributed by atoms with Gasteiger partial charge in [0.05, 0.1) is 27.9 Å². The van der Waals surface area contributed by atoms with Gasteiger partial charge in [0.1, 0.15) is 11.9 Å². The molecule has 1 atom stereocenters. The summed E-state index contributed by atoms with van der Waals surface area (Å²) in [5, 5.41) is 7.14. The summed E-state index contributed by atoms with van der Waals surface area (Å²) in [4.78, 5) is 13.6. The van der Waals surface area contributed by atoms with Crippen LogP contribution in [0.15, 0.2) is 53.9 Å². The molecule has 0 radical (unpaired) electrons. The molecule has 0 spiro atoms. The summed E-state index contributed by atoms with van der Waals surface area (Å²) >= 11 is 12.2. The number of nitrogens with one attached hydrogen (secondary N) is 1. The number of hydrogen-bond donors (Lipinski definition) is 1. The van der Waals surface area contributed by atoms with E-state index in [0.717, 1.165) is 10.7 Å². The third-order valence-corrected chi connectivity index (χ3v) is 5.84. The van der Waals surface area contributed by atoms with E-state index in [4.69, 9.17) is 27.9 Å². The highest BCUT2D eigenvalue weighted by atomic mass is 35.5. The van der Waals surface area contributed by atoms with Crippen molar-refractivity contribution in [2.45, 2.75) is 25.7 Å². The molecule has 2 aromatic heterocycles. The van der Waals surface area contributed by atoms with Crippen molar-refractivity contribution in [1.29, 1.82) is 0 Å². The second-order valence-electron chi connectivity index (χ2n) is 7.20. The molecule has 1 N–H and O–H groups in total. The summed E-state index contributed by atoms with van der Waals surface area (Å²) in [5.41, 5.74) is 0.577. The number of carbonyl (C=O) groups excluding carboxylic acids is 1. The number of carbonyl (C=O) groups is 1. The van der Waals surface area contributed by atoms with Crippen LogP contribution in [0.3, 0.4) is 0 Å². The SMILES string of the molecule is COCc1cccn1C(=O)C1=C(C)Nc2cc(C(F)(F)F)nn2C1c1ccc(Cl)c(Cl)c1. The van der Waals surface area contributed by atoms with E-state index in [1.165, 1.54) is 23.8 Å². The summed E-state index contributed by atoms with van der Waals surface area (Å²) in [5.74, 6) is -0.329. The minimum absolute atomic E-state index is 0.104. The topological polar surface area (TPSA) is 61.1 Å². The number of aromatic nitrogens is 3. The molecule has 0 fully saturated rings. The molecule has 1 aliphatic rings. The number of alkyl halides is 3. The smallest absolute Gasteiger partial charge is 0.378 e. The van der Waals surface area contributed by atoms with Crippen LogP contribution in [0.2, 0.25) is 10.0 Å². The van der Waals surface area contributed by atoms with Gasteiger partial charge in [-0.2, -0.15) is 18.3 Å². The van der Waals surface area contributed by atoms with Gasteiger partial charge in [0.2, 0.25) is 0 Å². The second kappa shape index (κ2) is 8.31. The summed E-state index contributed by atoms with van der Waals surface area (Å²) in [7, 11) is 1.50. The number of rotatable bonds is 4. The Morgan fingerprint density at radius 1 is 1.22 bits per heavy atom. The van der Waals surface area contributed by atoms with E-state index >= 15 is 0 Å². The lowest BCUT2D eigenvalue weighted by Crippen LogP contribution is -2.31. The summed E-state index contributed by atoms with van der Waals surface area (Å²) in [6.07, 6.45) is -3.08. The van der Waals surface area contributed by atoms with Gasteiger partial charge in [0.25, 0.3) is 5.91 Å². The Hall–Kier alpha value is -2.75. The highest BCUT2D eigenvalue weighted by molar-refractivity contribution is 6.42. The molecule has 0 aliphatic carbocycles. The van der Waals surface area contributed by atoms with E-state index in [1.807, 2.05) is 0 Å². The third kappa shape index (κ3) is 3.92. The number of fused-ring (bicyclic) bond motifs is 1. The molecule has 11 heteroatoms. The van der Waals surface area contributed by atoms with Crippen LogP contribution in [0.5, 0.6) is 0 Å². The van der Waals surface area contributed by atoms with E-state index in [9.17, 15) is 18.0 Å². The van der Waals surface area contributed by atoms with Crippen LogP contribution in [-0.4, -0.2) is 27.4 Å². The Morgan fingerprint density at radius 2 is 1.97 bits per heavy atom. The Balaban J connectivity index is 1.90. The van der Waals surface area contributed by atoms with Crippen LogP contribution in [0.4, 0.5) is 19.0 Å². The van der Waals surface area contributed by atoms with Crippen LogP contribution in [0.25, 0.3) is 0 Å². The average Bonchev–Trinajstić information content (AvgIpc) is 3.35. The monoisotopic (exact) mass is 484 g/mol. The average molecular weight is 485 g/mol. The van der Waals surface area contributed by atoms with Crippen molar-refractivity contribution in [1.82, 2.24) is 14.3 Å². The molecule has 0 amide bonds. The van der Waals surface area contributed by atoms with Gasteiger partial charge in [-0.15, -0.1) is 0 Å². The maximum absolute atomic E-state index is 13.6. The predicted molar refractivity (Wildman–Crippen MR) is 114 cm³/mol. The normalized spacial score (nSPS) is 16.2. The first-order valence-electron chi connectivity index (χ1n) is 9.41. The Morgan fingerprint density at radius 3 is 2.62 bits per heavy atom. The van der Waals surface area contributed by atoms with Gasteiger partial charge < -0.3 is 10.1 Å². The van der Waals surface area contributed by atoms with E-state index in [1.54, 1.807) is 31.3 Å². The minimum Gasteiger partial charge on any atom is -0.378 e. The molecule has 0 saturated carbocycles. The maximum Gasteiger partial charge on any atom is 0.435 e. The zero-order valence-corrected chi connectivity index (χ0v) is 18.4. The molecule has 1 aliphatic heterocycles.